The molecule has 15 heavy (non-hydrogen) atoms. The number of phenolic OH excluding ortho intramolecular Hbond substituents is 1. The van der Waals surface area contributed by atoms with Crippen molar-refractivity contribution in [1.29, 1.82) is 0 Å². The lowest BCUT2D eigenvalue weighted by molar-refractivity contribution is 0.470. The van der Waals surface area contributed by atoms with Gasteiger partial charge in [-0.1, -0.05) is 25.5 Å². The van der Waals surface area contributed by atoms with Crippen molar-refractivity contribution in [2.75, 3.05) is 0 Å². The van der Waals surface area contributed by atoms with Crippen molar-refractivity contribution in [3.05, 3.63) is 29.3 Å². The second-order valence-corrected chi connectivity index (χ2v) is 4.26. The molecule has 2 nitrogen and oxygen atoms in total. The van der Waals surface area contributed by atoms with E-state index in [0.717, 1.165) is 17.0 Å². The topological polar surface area (TPSA) is 32.6 Å². The summed E-state index contributed by atoms with van der Waals surface area (Å²) in [5.41, 5.74) is 1.73. The van der Waals surface area contributed by atoms with Gasteiger partial charge in [-0.2, -0.15) is 0 Å². The Balaban J connectivity index is 2.08. The van der Waals surface area contributed by atoms with Crippen LogP contribution in [0.15, 0.2) is 23.2 Å². The second-order valence-electron chi connectivity index (χ2n) is 4.26. The van der Waals surface area contributed by atoms with Crippen LogP contribution in [0.25, 0.3) is 0 Å². The Morgan fingerprint density at radius 2 is 2.33 bits per heavy atom. The molecule has 1 aliphatic rings. The summed E-state index contributed by atoms with van der Waals surface area (Å²) < 4.78 is 0. The number of aryl methyl sites for hydroxylation is 1. The third kappa shape index (κ3) is 2.20. The Labute approximate surface area is 90.7 Å². The van der Waals surface area contributed by atoms with E-state index in [-0.39, 0.29) is 0 Å². The minimum atomic E-state index is 0.356. The van der Waals surface area contributed by atoms with Crippen LogP contribution in [0.1, 0.15) is 30.9 Å². The van der Waals surface area contributed by atoms with Crippen LogP contribution in [0.3, 0.4) is 0 Å². The van der Waals surface area contributed by atoms with Crippen LogP contribution >= 0.6 is 0 Å². The smallest absolute Gasteiger partial charge is 0.127 e. The zero-order valence-corrected chi connectivity index (χ0v) is 9.27. The minimum absolute atomic E-state index is 0.356. The number of aliphatic imine (C=N–C) groups is 1. The van der Waals surface area contributed by atoms with E-state index in [1.807, 2.05) is 31.3 Å². The average Bonchev–Trinajstić information content (AvgIpc) is 2.99. The number of hydrogen-bond acceptors (Lipinski definition) is 2. The van der Waals surface area contributed by atoms with Crippen LogP contribution in [0.2, 0.25) is 0 Å². The normalized spacial score (nSPS) is 24.7. The molecule has 0 saturated heterocycles. The first-order valence-corrected chi connectivity index (χ1v) is 5.54. The molecule has 1 saturated carbocycles. The van der Waals surface area contributed by atoms with Crippen LogP contribution < -0.4 is 0 Å². The Morgan fingerprint density at radius 1 is 1.53 bits per heavy atom. The number of para-hydroxylation sites is 1. The van der Waals surface area contributed by atoms with E-state index in [0.29, 0.717) is 11.8 Å². The van der Waals surface area contributed by atoms with Crippen LogP contribution in [0.5, 0.6) is 5.75 Å². The second kappa shape index (κ2) is 4.05. The van der Waals surface area contributed by atoms with E-state index < -0.39 is 0 Å². The summed E-state index contributed by atoms with van der Waals surface area (Å²) in [7, 11) is 0. The van der Waals surface area contributed by atoms with Gasteiger partial charge in [0.15, 0.2) is 0 Å². The molecule has 0 bridgehead atoms. The molecule has 1 aliphatic carbocycles. The van der Waals surface area contributed by atoms with E-state index in [1.165, 1.54) is 12.8 Å². The number of nitrogens with zero attached hydrogens (tertiary/aromatic N) is 1. The lowest BCUT2D eigenvalue weighted by Gasteiger charge is -2.01. The Bertz CT molecular complexity index is 384. The van der Waals surface area contributed by atoms with Crippen molar-refractivity contribution in [1.82, 2.24) is 0 Å². The molecule has 0 heterocycles. The van der Waals surface area contributed by atoms with Gasteiger partial charge in [0.1, 0.15) is 5.75 Å². The maximum Gasteiger partial charge on any atom is 0.127 e. The van der Waals surface area contributed by atoms with Crippen molar-refractivity contribution in [2.45, 2.75) is 32.7 Å². The number of benzene rings is 1. The first-order chi connectivity index (χ1) is 7.22. The lowest BCUT2D eigenvalue weighted by Crippen LogP contribution is -1.88. The summed E-state index contributed by atoms with van der Waals surface area (Å²) in [6.45, 7) is 4.10. The first kappa shape index (κ1) is 10.2. The molecule has 0 radical (unpaired) electrons. The molecule has 1 aromatic rings. The zero-order valence-electron chi connectivity index (χ0n) is 9.27. The van der Waals surface area contributed by atoms with Gasteiger partial charge >= 0.3 is 0 Å². The highest BCUT2D eigenvalue weighted by Gasteiger charge is 2.34. The minimum Gasteiger partial charge on any atom is -0.507 e. The summed E-state index contributed by atoms with van der Waals surface area (Å²) in [6, 6.07) is 6.24. The van der Waals surface area contributed by atoms with Gasteiger partial charge in [-0.25, -0.2) is 0 Å². The predicted octanol–water partition coefficient (Wildman–Crippen LogP) is 2.92. The third-order valence-electron chi connectivity index (χ3n) is 3.08. The lowest BCUT2D eigenvalue weighted by atomic mass is 10.1. The molecule has 0 aromatic heterocycles. The highest BCUT2D eigenvalue weighted by molar-refractivity contribution is 5.84. The van der Waals surface area contributed by atoms with Crippen molar-refractivity contribution in [3.63, 3.8) is 0 Å². The molecular weight excluding hydrogens is 186 g/mol. The Morgan fingerprint density at radius 3 is 3.00 bits per heavy atom. The van der Waals surface area contributed by atoms with Gasteiger partial charge < -0.3 is 5.11 Å². The molecule has 80 valence electrons. The molecule has 0 spiro atoms. The molecule has 1 fully saturated rings. The summed E-state index contributed by atoms with van der Waals surface area (Å²) in [4.78, 5) is 4.48. The highest BCUT2D eigenvalue weighted by Crippen LogP contribution is 2.36. The maximum atomic E-state index is 9.76. The molecule has 2 heteroatoms. The number of rotatable bonds is 3. The largest absolute Gasteiger partial charge is 0.507 e. The summed E-state index contributed by atoms with van der Waals surface area (Å²) in [5, 5.41) is 9.76. The third-order valence-corrected chi connectivity index (χ3v) is 3.08. The quantitative estimate of drug-likeness (QED) is 0.753. The van der Waals surface area contributed by atoms with Gasteiger partial charge in [0.2, 0.25) is 0 Å². The maximum absolute atomic E-state index is 9.76. The zero-order chi connectivity index (χ0) is 10.8. The fraction of sp³-hybridized carbons (Fsp3) is 0.462. The fourth-order valence-corrected chi connectivity index (χ4v) is 1.81. The Kier molecular flexibility index (Phi) is 2.76. The van der Waals surface area contributed by atoms with Gasteiger partial charge in [0, 0.05) is 11.8 Å². The highest BCUT2D eigenvalue weighted by atomic mass is 16.3. The van der Waals surface area contributed by atoms with Crippen LogP contribution in [-0.4, -0.2) is 17.4 Å². The standard InChI is InChI=1S/C13H17NO/c1-3-10-7-12(10)14-8-11-6-4-5-9(2)13(11)15/h4-6,8,10,12,15H,3,7H2,1-2H3. The van der Waals surface area contributed by atoms with E-state index in [2.05, 4.69) is 11.9 Å². The van der Waals surface area contributed by atoms with E-state index >= 15 is 0 Å². The SMILES string of the molecule is CCC1CC1N=Cc1cccc(C)c1O. The van der Waals surface area contributed by atoms with Crippen LogP contribution in [0.4, 0.5) is 0 Å². The summed E-state index contributed by atoms with van der Waals surface area (Å²) in [6.07, 6.45) is 4.23. The number of phenols is 1. The van der Waals surface area contributed by atoms with Gasteiger partial charge in [-0.3, -0.25) is 4.99 Å². The fourth-order valence-electron chi connectivity index (χ4n) is 1.81. The number of hydrogen-bond donors (Lipinski definition) is 1. The van der Waals surface area contributed by atoms with E-state index in [1.54, 1.807) is 0 Å². The van der Waals surface area contributed by atoms with E-state index in [9.17, 15) is 5.11 Å². The number of aromatic hydroxyl groups is 1. The first-order valence-electron chi connectivity index (χ1n) is 5.54. The van der Waals surface area contributed by atoms with Crippen LogP contribution in [0, 0.1) is 12.8 Å². The molecule has 1 aromatic carbocycles. The van der Waals surface area contributed by atoms with Gasteiger partial charge in [-0.15, -0.1) is 0 Å². The van der Waals surface area contributed by atoms with Crippen molar-refractivity contribution >= 4 is 6.21 Å². The monoisotopic (exact) mass is 203 g/mol. The Hall–Kier alpha value is -1.31. The molecule has 1 N–H and O–H groups in total. The molecule has 2 rings (SSSR count). The predicted molar refractivity (Wildman–Crippen MR) is 62.6 cm³/mol. The summed E-state index contributed by atoms with van der Waals surface area (Å²) >= 11 is 0. The molecule has 0 amide bonds. The van der Waals surface area contributed by atoms with Crippen LogP contribution in [-0.2, 0) is 0 Å². The average molecular weight is 203 g/mol. The van der Waals surface area contributed by atoms with Gasteiger partial charge in [0.25, 0.3) is 0 Å². The summed E-state index contributed by atoms with van der Waals surface area (Å²) in [5.74, 6) is 1.13. The molecular formula is C13H17NO. The van der Waals surface area contributed by atoms with Gasteiger partial charge in [0.05, 0.1) is 6.04 Å². The molecule has 2 unspecified atom stereocenters. The van der Waals surface area contributed by atoms with Crippen molar-refractivity contribution in [2.24, 2.45) is 10.9 Å². The van der Waals surface area contributed by atoms with Crippen molar-refractivity contribution < 1.29 is 5.11 Å². The van der Waals surface area contributed by atoms with E-state index in [4.69, 9.17) is 0 Å². The molecule has 2 atom stereocenters. The molecule has 0 aliphatic heterocycles. The van der Waals surface area contributed by atoms with Gasteiger partial charge in [-0.05, 0) is 30.9 Å². The van der Waals surface area contributed by atoms with Crippen molar-refractivity contribution in [3.8, 4) is 5.75 Å².